The third-order valence-electron chi connectivity index (χ3n) is 1.42. The molecule has 0 aliphatic carbocycles. The molecule has 0 atom stereocenters. The topological polar surface area (TPSA) is 12.4 Å². The van der Waals surface area contributed by atoms with Crippen molar-refractivity contribution in [1.82, 2.24) is 0 Å². The molecule has 0 spiro atoms. The molecule has 0 bridgehead atoms. The maximum Gasteiger partial charge on any atom is 0.0398 e. The third-order valence-corrected chi connectivity index (χ3v) is 1.42. The van der Waals surface area contributed by atoms with Gasteiger partial charge in [0.25, 0.3) is 0 Å². The lowest BCUT2D eigenvalue weighted by Crippen LogP contribution is -1.90. The van der Waals surface area contributed by atoms with Crippen molar-refractivity contribution in [3.63, 3.8) is 0 Å². The lowest BCUT2D eigenvalue weighted by atomic mass is 10.2. The second-order valence-corrected chi connectivity index (χ2v) is 2.17. The Labute approximate surface area is 63.2 Å². The molecule has 1 heteroatoms. The summed E-state index contributed by atoms with van der Waals surface area (Å²) >= 11 is 0. The second-order valence-electron chi connectivity index (χ2n) is 2.17. The highest BCUT2D eigenvalue weighted by Crippen LogP contribution is 1.95. The van der Waals surface area contributed by atoms with Crippen molar-refractivity contribution in [2.24, 2.45) is 4.99 Å². The molecule has 0 aromatic carbocycles. The normalized spacial score (nSPS) is 14.8. The molecule has 0 fully saturated rings. The zero-order chi connectivity index (χ0) is 7.98. The molecule has 10 heavy (non-hydrogen) atoms. The Bertz CT molecular complexity index is 173. The summed E-state index contributed by atoms with van der Waals surface area (Å²) < 4.78 is 0. The largest absolute Gasteiger partial charge is 0.262 e. The van der Waals surface area contributed by atoms with Gasteiger partial charge in [-0.05, 0) is 33.3 Å². The van der Waals surface area contributed by atoms with Crippen molar-refractivity contribution in [3.8, 4) is 0 Å². The van der Waals surface area contributed by atoms with E-state index in [-0.39, 0.29) is 0 Å². The summed E-state index contributed by atoms with van der Waals surface area (Å²) in [5, 5.41) is 0. The summed E-state index contributed by atoms with van der Waals surface area (Å²) in [6, 6.07) is 0. The van der Waals surface area contributed by atoms with Gasteiger partial charge in [0.05, 0.1) is 0 Å². The fourth-order valence-corrected chi connectivity index (χ4v) is 0.497. The highest BCUT2D eigenvalue weighted by atomic mass is 14.7. The van der Waals surface area contributed by atoms with Crippen LogP contribution in [-0.4, -0.2) is 5.71 Å². The van der Waals surface area contributed by atoms with Crippen LogP contribution in [0.1, 0.15) is 27.7 Å². The van der Waals surface area contributed by atoms with Crippen molar-refractivity contribution in [2.45, 2.75) is 27.7 Å². The highest BCUT2D eigenvalue weighted by molar-refractivity contribution is 5.97. The minimum absolute atomic E-state index is 1.08. The van der Waals surface area contributed by atoms with Crippen LogP contribution < -0.4 is 0 Å². The van der Waals surface area contributed by atoms with Crippen molar-refractivity contribution >= 4 is 5.71 Å². The molecule has 0 aliphatic rings. The zero-order valence-corrected chi connectivity index (χ0v) is 7.18. The van der Waals surface area contributed by atoms with E-state index in [1.165, 1.54) is 5.57 Å². The third kappa shape index (κ3) is 3.23. The summed E-state index contributed by atoms with van der Waals surface area (Å²) in [5.74, 6) is 0. The van der Waals surface area contributed by atoms with E-state index in [1.807, 2.05) is 33.0 Å². The number of nitrogens with zero attached hydrogens (tertiary/aromatic N) is 1. The van der Waals surface area contributed by atoms with Gasteiger partial charge in [0.1, 0.15) is 0 Å². The summed E-state index contributed by atoms with van der Waals surface area (Å²) in [6.45, 7) is 8.05. The van der Waals surface area contributed by atoms with E-state index in [1.54, 1.807) is 0 Å². The van der Waals surface area contributed by atoms with Crippen LogP contribution in [0.4, 0.5) is 0 Å². The number of hydrogen-bond donors (Lipinski definition) is 0. The zero-order valence-electron chi connectivity index (χ0n) is 7.18. The molecule has 0 aromatic heterocycles. The van der Waals surface area contributed by atoms with Gasteiger partial charge in [-0.1, -0.05) is 12.2 Å². The molecule has 0 aromatic rings. The first-order valence-corrected chi connectivity index (χ1v) is 3.51. The fourth-order valence-electron chi connectivity index (χ4n) is 0.497. The SMILES string of the molecule is C\C=C/N=C(C)\C(C)=C/C. The Hall–Kier alpha value is -0.850. The van der Waals surface area contributed by atoms with Gasteiger partial charge in [-0.15, -0.1) is 0 Å². The summed E-state index contributed by atoms with van der Waals surface area (Å²) in [4.78, 5) is 4.18. The molecule has 56 valence electrons. The quantitative estimate of drug-likeness (QED) is 0.519. The van der Waals surface area contributed by atoms with Gasteiger partial charge in [0.2, 0.25) is 0 Å². The van der Waals surface area contributed by atoms with Crippen LogP contribution in [-0.2, 0) is 0 Å². The van der Waals surface area contributed by atoms with Crippen molar-refractivity contribution in [3.05, 3.63) is 23.9 Å². The Morgan fingerprint density at radius 3 is 2.20 bits per heavy atom. The Morgan fingerprint density at radius 2 is 1.80 bits per heavy atom. The smallest absolute Gasteiger partial charge is 0.0398 e. The maximum atomic E-state index is 4.18. The van der Waals surface area contributed by atoms with Gasteiger partial charge in [-0.2, -0.15) is 0 Å². The maximum absolute atomic E-state index is 4.18. The van der Waals surface area contributed by atoms with Gasteiger partial charge < -0.3 is 0 Å². The number of allylic oxidation sites excluding steroid dienone is 3. The van der Waals surface area contributed by atoms with Crippen LogP contribution in [0.15, 0.2) is 28.9 Å². The van der Waals surface area contributed by atoms with Gasteiger partial charge in [0.15, 0.2) is 0 Å². The molecule has 0 saturated heterocycles. The number of hydrogen-bond acceptors (Lipinski definition) is 1. The van der Waals surface area contributed by atoms with Gasteiger partial charge in [0, 0.05) is 11.9 Å². The molecule has 0 rings (SSSR count). The van der Waals surface area contributed by atoms with Crippen LogP contribution in [0.2, 0.25) is 0 Å². The Morgan fingerprint density at radius 1 is 1.20 bits per heavy atom. The van der Waals surface area contributed by atoms with Crippen LogP contribution >= 0.6 is 0 Å². The average Bonchev–Trinajstić information content (AvgIpc) is 1.98. The molecule has 0 radical (unpaired) electrons. The van der Waals surface area contributed by atoms with Crippen molar-refractivity contribution < 1.29 is 0 Å². The molecular formula is C9H15N. The molecular weight excluding hydrogens is 122 g/mol. The molecule has 0 aliphatic heterocycles. The van der Waals surface area contributed by atoms with E-state index in [9.17, 15) is 0 Å². The lowest BCUT2D eigenvalue weighted by Gasteiger charge is -1.94. The van der Waals surface area contributed by atoms with Crippen molar-refractivity contribution in [1.29, 1.82) is 0 Å². The van der Waals surface area contributed by atoms with Crippen molar-refractivity contribution in [2.75, 3.05) is 0 Å². The molecule has 1 nitrogen and oxygen atoms in total. The summed E-state index contributed by atoms with van der Waals surface area (Å²) in [7, 11) is 0. The van der Waals surface area contributed by atoms with Crippen LogP contribution in [0.25, 0.3) is 0 Å². The standard InChI is InChI=1S/C9H15N/c1-5-7-10-9(4)8(3)6-2/h5-7H,1-4H3/b7-5-,8-6-,10-9-. The van der Waals surface area contributed by atoms with Gasteiger partial charge in [-0.25, -0.2) is 0 Å². The molecule has 0 heterocycles. The first-order chi connectivity index (χ1) is 4.72. The number of rotatable bonds is 2. The second kappa shape index (κ2) is 4.98. The molecule has 0 N–H and O–H groups in total. The Kier molecular flexibility index (Phi) is 4.55. The predicted octanol–water partition coefficient (Wildman–Crippen LogP) is 2.95. The number of aliphatic imine (C=N–C) groups is 1. The predicted molar refractivity (Wildman–Crippen MR) is 47.4 cm³/mol. The van der Waals surface area contributed by atoms with E-state index in [4.69, 9.17) is 0 Å². The molecule has 0 saturated carbocycles. The van der Waals surface area contributed by atoms with E-state index in [0.29, 0.717) is 0 Å². The first kappa shape index (κ1) is 9.15. The van der Waals surface area contributed by atoms with Crippen LogP contribution in [0, 0.1) is 0 Å². The highest BCUT2D eigenvalue weighted by Gasteiger charge is 1.88. The monoisotopic (exact) mass is 137 g/mol. The minimum atomic E-state index is 1.08. The minimum Gasteiger partial charge on any atom is -0.262 e. The average molecular weight is 137 g/mol. The lowest BCUT2D eigenvalue weighted by molar-refractivity contribution is 1.43. The fraction of sp³-hybridized carbons (Fsp3) is 0.444. The first-order valence-electron chi connectivity index (χ1n) is 3.51. The van der Waals surface area contributed by atoms with Crippen LogP contribution in [0.3, 0.4) is 0 Å². The summed E-state index contributed by atoms with van der Waals surface area (Å²) in [6.07, 6.45) is 5.79. The molecule has 0 unspecified atom stereocenters. The Balaban J connectivity index is 4.19. The van der Waals surface area contributed by atoms with E-state index < -0.39 is 0 Å². The summed E-state index contributed by atoms with van der Waals surface area (Å²) in [5.41, 5.74) is 2.32. The van der Waals surface area contributed by atoms with Gasteiger partial charge >= 0.3 is 0 Å². The molecule has 0 amide bonds. The van der Waals surface area contributed by atoms with E-state index >= 15 is 0 Å². The van der Waals surface area contributed by atoms with Gasteiger partial charge in [-0.3, -0.25) is 4.99 Å². The van der Waals surface area contributed by atoms with E-state index in [2.05, 4.69) is 18.0 Å². The van der Waals surface area contributed by atoms with E-state index in [0.717, 1.165) is 5.71 Å². The van der Waals surface area contributed by atoms with Crippen LogP contribution in [0.5, 0.6) is 0 Å².